The first-order chi connectivity index (χ1) is 8.11. The highest BCUT2D eigenvalue weighted by Crippen LogP contribution is 2.30. The molecule has 0 saturated heterocycles. The predicted octanol–water partition coefficient (Wildman–Crippen LogP) is 1.72. The zero-order valence-electron chi connectivity index (χ0n) is 9.31. The van der Waals surface area contributed by atoms with Gasteiger partial charge in [-0.3, -0.25) is 0 Å². The van der Waals surface area contributed by atoms with Gasteiger partial charge in [0.1, 0.15) is 11.6 Å². The van der Waals surface area contributed by atoms with Crippen molar-refractivity contribution < 1.29 is 5.11 Å². The van der Waals surface area contributed by atoms with E-state index in [1.165, 1.54) is 6.07 Å². The summed E-state index contributed by atoms with van der Waals surface area (Å²) in [6.07, 6.45) is 5.25. The van der Waals surface area contributed by atoms with E-state index in [4.69, 9.17) is 12.2 Å². The van der Waals surface area contributed by atoms with Crippen LogP contribution in [0.25, 0.3) is 11.3 Å². The Labute approximate surface area is 99.1 Å². The summed E-state index contributed by atoms with van der Waals surface area (Å²) >= 11 is 0. The molecule has 0 unspecified atom stereocenters. The van der Waals surface area contributed by atoms with Gasteiger partial charge in [0.15, 0.2) is 0 Å². The number of aromatic hydroxyl groups is 1. The standard InChI is InChI=1S/C13H11N3O/c1-3-9-4-5-10(11(17)7-9)13-8(2)6-12(14)15-16-13/h1,4-7,17H,2H3,(H2,14,15). The smallest absolute Gasteiger partial charge is 0.146 e. The fourth-order valence-electron chi connectivity index (χ4n) is 1.59. The van der Waals surface area contributed by atoms with Crippen LogP contribution in [0.3, 0.4) is 0 Å². The van der Waals surface area contributed by atoms with Crippen LogP contribution in [0.15, 0.2) is 24.3 Å². The molecule has 17 heavy (non-hydrogen) atoms. The minimum Gasteiger partial charge on any atom is -0.507 e. The van der Waals surface area contributed by atoms with Gasteiger partial charge < -0.3 is 10.8 Å². The molecule has 4 heteroatoms. The lowest BCUT2D eigenvalue weighted by Gasteiger charge is -2.07. The first kappa shape index (κ1) is 11.0. The van der Waals surface area contributed by atoms with Crippen LogP contribution in [0.5, 0.6) is 5.75 Å². The van der Waals surface area contributed by atoms with E-state index in [0.29, 0.717) is 22.6 Å². The van der Waals surface area contributed by atoms with E-state index in [2.05, 4.69) is 16.1 Å². The van der Waals surface area contributed by atoms with Gasteiger partial charge in [0.05, 0.1) is 5.69 Å². The molecule has 0 spiro atoms. The van der Waals surface area contributed by atoms with E-state index in [1.807, 2.05) is 6.92 Å². The minimum atomic E-state index is 0.0858. The molecule has 0 aliphatic heterocycles. The maximum absolute atomic E-state index is 9.88. The zero-order chi connectivity index (χ0) is 12.4. The highest BCUT2D eigenvalue weighted by Gasteiger charge is 2.10. The molecular formula is C13H11N3O. The maximum atomic E-state index is 9.88. The third kappa shape index (κ3) is 2.04. The van der Waals surface area contributed by atoms with Crippen molar-refractivity contribution in [2.24, 2.45) is 0 Å². The number of rotatable bonds is 1. The summed E-state index contributed by atoms with van der Waals surface area (Å²) in [6, 6.07) is 6.69. The molecule has 0 saturated carbocycles. The molecule has 1 aromatic carbocycles. The molecule has 0 radical (unpaired) electrons. The van der Waals surface area contributed by atoms with Gasteiger partial charge in [0, 0.05) is 11.1 Å². The van der Waals surface area contributed by atoms with Crippen molar-refractivity contribution >= 4 is 5.82 Å². The summed E-state index contributed by atoms with van der Waals surface area (Å²) in [6.45, 7) is 1.86. The highest BCUT2D eigenvalue weighted by atomic mass is 16.3. The summed E-state index contributed by atoms with van der Waals surface area (Å²) in [5.41, 5.74) is 8.18. The summed E-state index contributed by atoms with van der Waals surface area (Å²) in [7, 11) is 0. The van der Waals surface area contributed by atoms with E-state index < -0.39 is 0 Å². The number of nitrogen functional groups attached to an aromatic ring is 1. The average molecular weight is 225 g/mol. The van der Waals surface area contributed by atoms with E-state index in [1.54, 1.807) is 18.2 Å². The lowest BCUT2D eigenvalue weighted by molar-refractivity contribution is 0.477. The number of hydrogen-bond donors (Lipinski definition) is 2. The van der Waals surface area contributed by atoms with Crippen LogP contribution in [0.2, 0.25) is 0 Å². The SMILES string of the molecule is C#Cc1ccc(-c2nnc(N)cc2C)c(O)c1. The fraction of sp³-hybridized carbons (Fsp3) is 0.0769. The molecule has 0 fully saturated rings. The molecule has 4 nitrogen and oxygen atoms in total. The number of phenolic OH excluding ortho intramolecular Hbond substituents is 1. The van der Waals surface area contributed by atoms with Crippen molar-refractivity contribution in [1.29, 1.82) is 0 Å². The normalized spacial score (nSPS) is 9.88. The van der Waals surface area contributed by atoms with Crippen molar-refractivity contribution in [3.63, 3.8) is 0 Å². The van der Waals surface area contributed by atoms with Crippen molar-refractivity contribution in [3.05, 3.63) is 35.4 Å². The number of terminal acetylenes is 1. The molecule has 0 bridgehead atoms. The summed E-state index contributed by atoms with van der Waals surface area (Å²) in [4.78, 5) is 0. The lowest BCUT2D eigenvalue weighted by atomic mass is 10.0. The Hall–Kier alpha value is -2.54. The Balaban J connectivity index is 2.58. The maximum Gasteiger partial charge on any atom is 0.146 e. The van der Waals surface area contributed by atoms with E-state index in [9.17, 15) is 5.11 Å². The van der Waals surface area contributed by atoms with Crippen molar-refractivity contribution in [3.8, 4) is 29.4 Å². The van der Waals surface area contributed by atoms with Gasteiger partial charge in [-0.25, -0.2) is 0 Å². The Bertz CT molecular complexity index is 615. The van der Waals surface area contributed by atoms with Crippen molar-refractivity contribution in [2.45, 2.75) is 6.92 Å². The number of nitrogens with two attached hydrogens (primary N) is 1. The van der Waals surface area contributed by atoms with Crippen LogP contribution in [-0.4, -0.2) is 15.3 Å². The zero-order valence-corrected chi connectivity index (χ0v) is 9.31. The van der Waals surface area contributed by atoms with E-state index >= 15 is 0 Å². The number of hydrogen-bond acceptors (Lipinski definition) is 4. The van der Waals surface area contributed by atoms with Crippen LogP contribution in [0.4, 0.5) is 5.82 Å². The lowest BCUT2D eigenvalue weighted by Crippen LogP contribution is -1.97. The van der Waals surface area contributed by atoms with E-state index in [-0.39, 0.29) is 5.75 Å². The molecule has 0 amide bonds. The Morgan fingerprint density at radius 3 is 2.65 bits per heavy atom. The van der Waals surface area contributed by atoms with Gasteiger partial charge in [0.25, 0.3) is 0 Å². The number of aromatic nitrogens is 2. The fourth-order valence-corrected chi connectivity index (χ4v) is 1.59. The number of aryl methyl sites for hydroxylation is 1. The Morgan fingerprint density at radius 1 is 1.29 bits per heavy atom. The second-order valence-electron chi connectivity index (χ2n) is 3.68. The topological polar surface area (TPSA) is 72.0 Å². The number of benzene rings is 1. The quantitative estimate of drug-likeness (QED) is 0.725. The van der Waals surface area contributed by atoms with Gasteiger partial charge in [-0.2, -0.15) is 0 Å². The van der Waals surface area contributed by atoms with Gasteiger partial charge in [-0.1, -0.05) is 5.92 Å². The molecule has 1 aromatic heterocycles. The molecule has 0 aliphatic rings. The molecule has 84 valence electrons. The summed E-state index contributed by atoms with van der Waals surface area (Å²) < 4.78 is 0. The second kappa shape index (κ2) is 4.14. The predicted molar refractivity (Wildman–Crippen MR) is 66.2 cm³/mol. The molecule has 3 N–H and O–H groups in total. The van der Waals surface area contributed by atoms with Gasteiger partial charge in [-0.05, 0) is 36.8 Å². The third-order valence-electron chi connectivity index (χ3n) is 2.42. The highest BCUT2D eigenvalue weighted by molar-refractivity contribution is 5.70. The van der Waals surface area contributed by atoms with Crippen molar-refractivity contribution in [1.82, 2.24) is 10.2 Å². The molecule has 0 atom stereocenters. The number of nitrogens with zero attached hydrogens (tertiary/aromatic N) is 2. The molecule has 1 heterocycles. The Kier molecular flexibility index (Phi) is 2.67. The first-order valence-electron chi connectivity index (χ1n) is 5.01. The first-order valence-corrected chi connectivity index (χ1v) is 5.01. The molecule has 2 rings (SSSR count). The Morgan fingerprint density at radius 2 is 2.06 bits per heavy atom. The average Bonchev–Trinajstić information content (AvgIpc) is 2.30. The molecule has 2 aromatic rings. The summed E-state index contributed by atoms with van der Waals surface area (Å²) in [5.74, 6) is 2.89. The monoisotopic (exact) mass is 225 g/mol. The van der Waals surface area contributed by atoms with Gasteiger partial charge >= 0.3 is 0 Å². The number of phenols is 1. The van der Waals surface area contributed by atoms with E-state index in [0.717, 1.165) is 5.56 Å². The van der Waals surface area contributed by atoms with Gasteiger partial charge in [-0.15, -0.1) is 16.6 Å². The van der Waals surface area contributed by atoms with Crippen LogP contribution in [-0.2, 0) is 0 Å². The summed E-state index contributed by atoms with van der Waals surface area (Å²) in [5, 5.41) is 17.6. The third-order valence-corrected chi connectivity index (χ3v) is 2.42. The second-order valence-corrected chi connectivity index (χ2v) is 3.68. The van der Waals surface area contributed by atoms with Crippen LogP contribution < -0.4 is 5.73 Å². The minimum absolute atomic E-state index is 0.0858. The van der Waals surface area contributed by atoms with Crippen LogP contribution in [0, 0.1) is 19.3 Å². The molecule has 0 aliphatic carbocycles. The van der Waals surface area contributed by atoms with Crippen LogP contribution >= 0.6 is 0 Å². The van der Waals surface area contributed by atoms with Crippen molar-refractivity contribution in [2.75, 3.05) is 5.73 Å². The largest absolute Gasteiger partial charge is 0.507 e. The number of anilines is 1. The van der Waals surface area contributed by atoms with Crippen LogP contribution in [0.1, 0.15) is 11.1 Å². The molecular weight excluding hydrogens is 214 g/mol. The van der Waals surface area contributed by atoms with Gasteiger partial charge in [0.2, 0.25) is 0 Å².